The van der Waals surface area contributed by atoms with Crippen LogP contribution in [0.25, 0.3) is 5.78 Å². The summed E-state index contributed by atoms with van der Waals surface area (Å²) in [6, 6.07) is 1.13. The standard InChI is InChI=1S/C7H4FN3O2/c8-5-1-2-11-3-4(6(12)13)9-7(11)10-5/h1-3H,(H,12,13). The van der Waals surface area contributed by atoms with E-state index in [9.17, 15) is 9.18 Å². The molecule has 0 fully saturated rings. The third-order valence-electron chi connectivity index (χ3n) is 1.51. The van der Waals surface area contributed by atoms with Crippen molar-refractivity contribution >= 4 is 11.7 Å². The van der Waals surface area contributed by atoms with Crippen LogP contribution in [0.3, 0.4) is 0 Å². The van der Waals surface area contributed by atoms with Crippen molar-refractivity contribution in [2.75, 3.05) is 0 Å². The van der Waals surface area contributed by atoms with Gasteiger partial charge in [0.15, 0.2) is 5.69 Å². The number of aromatic carboxylic acids is 1. The molecule has 5 nitrogen and oxygen atoms in total. The average Bonchev–Trinajstić information content (AvgIpc) is 2.46. The van der Waals surface area contributed by atoms with Gasteiger partial charge in [-0.25, -0.2) is 9.78 Å². The van der Waals surface area contributed by atoms with Crippen LogP contribution < -0.4 is 0 Å². The molecular formula is C7H4FN3O2. The molecule has 66 valence electrons. The summed E-state index contributed by atoms with van der Waals surface area (Å²) >= 11 is 0. The van der Waals surface area contributed by atoms with Gasteiger partial charge in [0.1, 0.15) is 0 Å². The highest BCUT2D eigenvalue weighted by atomic mass is 19.1. The van der Waals surface area contributed by atoms with E-state index in [1.165, 1.54) is 16.8 Å². The molecule has 0 saturated heterocycles. The molecule has 0 aliphatic carbocycles. The monoisotopic (exact) mass is 181 g/mol. The second kappa shape index (κ2) is 2.51. The van der Waals surface area contributed by atoms with Gasteiger partial charge in [-0.2, -0.15) is 9.37 Å². The number of carbonyl (C=O) groups is 1. The maximum atomic E-state index is 12.5. The zero-order valence-corrected chi connectivity index (χ0v) is 6.31. The topological polar surface area (TPSA) is 67.5 Å². The second-order valence-corrected chi connectivity index (χ2v) is 2.39. The van der Waals surface area contributed by atoms with Gasteiger partial charge in [0.2, 0.25) is 11.7 Å². The molecule has 0 unspecified atom stereocenters. The Labute approximate surface area is 71.5 Å². The van der Waals surface area contributed by atoms with E-state index in [1.54, 1.807) is 0 Å². The normalized spacial score (nSPS) is 10.5. The van der Waals surface area contributed by atoms with Gasteiger partial charge in [-0.05, 0) is 0 Å². The predicted molar refractivity (Wildman–Crippen MR) is 39.9 cm³/mol. The van der Waals surface area contributed by atoms with Crippen LogP contribution in [0.1, 0.15) is 10.5 Å². The van der Waals surface area contributed by atoms with E-state index >= 15 is 0 Å². The summed E-state index contributed by atoms with van der Waals surface area (Å²) in [6.45, 7) is 0. The Hall–Kier alpha value is -1.98. The zero-order valence-electron chi connectivity index (χ0n) is 6.31. The van der Waals surface area contributed by atoms with E-state index in [2.05, 4.69) is 9.97 Å². The Morgan fingerprint density at radius 3 is 3.00 bits per heavy atom. The lowest BCUT2D eigenvalue weighted by atomic mass is 10.5. The first-order valence-electron chi connectivity index (χ1n) is 3.41. The number of hydrogen-bond donors (Lipinski definition) is 1. The molecule has 0 atom stereocenters. The molecular weight excluding hydrogens is 177 g/mol. The summed E-state index contributed by atoms with van der Waals surface area (Å²) in [5.41, 5.74) is -0.155. The smallest absolute Gasteiger partial charge is 0.356 e. The molecule has 6 heteroatoms. The van der Waals surface area contributed by atoms with Gasteiger partial charge in [0.05, 0.1) is 0 Å². The Balaban J connectivity index is 2.68. The Kier molecular flexibility index (Phi) is 1.48. The largest absolute Gasteiger partial charge is 0.476 e. The van der Waals surface area contributed by atoms with Gasteiger partial charge >= 0.3 is 5.97 Å². The van der Waals surface area contributed by atoms with Crippen LogP contribution >= 0.6 is 0 Å². The number of halogens is 1. The number of hydrogen-bond acceptors (Lipinski definition) is 3. The number of nitrogens with zero attached hydrogens (tertiary/aromatic N) is 3. The van der Waals surface area contributed by atoms with Crippen LogP contribution in [0.5, 0.6) is 0 Å². The van der Waals surface area contributed by atoms with Gasteiger partial charge in [0.25, 0.3) is 0 Å². The molecule has 0 radical (unpaired) electrons. The third kappa shape index (κ3) is 1.22. The number of carboxylic acid groups (broad SMARTS) is 1. The maximum Gasteiger partial charge on any atom is 0.356 e. The van der Waals surface area contributed by atoms with Gasteiger partial charge < -0.3 is 5.11 Å². The van der Waals surface area contributed by atoms with Crippen LogP contribution in [0.15, 0.2) is 18.5 Å². The minimum Gasteiger partial charge on any atom is -0.476 e. The number of fused-ring (bicyclic) bond motifs is 1. The molecule has 0 bridgehead atoms. The summed E-state index contributed by atoms with van der Waals surface area (Å²) in [5.74, 6) is -1.81. The zero-order chi connectivity index (χ0) is 9.42. The first-order valence-corrected chi connectivity index (χ1v) is 3.41. The number of imidazole rings is 1. The Morgan fingerprint density at radius 1 is 1.54 bits per heavy atom. The molecule has 2 heterocycles. The highest BCUT2D eigenvalue weighted by Crippen LogP contribution is 2.03. The molecule has 0 aliphatic rings. The molecule has 0 saturated carbocycles. The van der Waals surface area contributed by atoms with E-state index in [0.717, 1.165) is 6.07 Å². The van der Waals surface area contributed by atoms with Crippen molar-refractivity contribution in [3.8, 4) is 0 Å². The summed E-state index contributed by atoms with van der Waals surface area (Å²) < 4.78 is 13.9. The van der Waals surface area contributed by atoms with Crippen LogP contribution in [0.4, 0.5) is 4.39 Å². The van der Waals surface area contributed by atoms with Crippen molar-refractivity contribution < 1.29 is 14.3 Å². The molecule has 0 spiro atoms. The van der Waals surface area contributed by atoms with Crippen molar-refractivity contribution in [3.63, 3.8) is 0 Å². The SMILES string of the molecule is O=C(O)c1cn2ccc(F)nc2n1. The molecule has 1 N–H and O–H groups in total. The molecule has 13 heavy (non-hydrogen) atoms. The van der Waals surface area contributed by atoms with Crippen molar-refractivity contribution in [1.29, 1.82) is 0 Å². The highest BCUT2D eigenvalue weighted by Gasteiger charge is 2.09. The van der Waals surface area contributed by atoms with Crippen molar-refractivity contribution in [1.82, 2.24) is 14.4 Å². The van der Waals surface area contributed by atoms with Crippen LogP contribution in [-0.4, -0.2) is 25.4 Å². The first-order chi connectivity index (χ1) is 6.16. The fourth-order valence-electron chi connectivity index (χ4n) is 0.954. The van der Waals surface area contributed by atoms with Crippen molar-refractivity contribution in [2.24, 2.45) is 0 Å². The molecule has 0 aliphatic heterocycles. The lowest BCUT2D eigenvalue weighted by Gasteiger charge is -1.88. The molecule has 0 amide bonds. The van der Waals surface area contributed by atoms with E-state index in [4.69, 9.17) is 5.11 Å². The number of aromatic nitrogens is 3. The quantitative estimate of drug-likeness (QED) is 0.653. The van der Waals surface area contributed by atoms with E-state index in [0.29, 0.717) is 0 Å². The predicted octanol–water partition coefficient (Wildman–Crippen LogP) is 0.567. The van der Waals surface area contributed by atoms with Crippen molar-refractivity contribution in [3.05, 3.63) is 30.1 Å². The third-order valence-corrected chi connectivity index (χ3v) is 1.51. The van der Waals surface area contributed by atoms with Crippen LogP contribution in [0.2, 0.25) is 0 Å². The number of carboxylic acids is 1. The minimum absolute atomic E-state index is 0.0393. The van der Waals surface area contributed by atoms with E-state index < -0.39 is 11.9 Å². The summed E-state index contributed by atoms with van der Waals surface area (Å²) in [7, 11) is 0. The van der Waals surface area contributed by atoms with Crippen LogP contribution in [0, 0.1) is 5.95 Å². The van der Waals surface area contributed by atoms with E-state index in [-0.39, 0.29) is 11.5 Å². The summed E-state index contributed by atoms with van der Waals surface area (Å²) in [5, 5.41) is 8.56. The lowest BCUT2D eigenvalue weighted by molar-refractivity contribution is 0.0691. The van der Waals surface area contributed by atoms with Crippen molar-refractivity contribution in [2.45, 2.75) is 0 Å². The minimum atomic E-state index is -1.16. The Bertz CT molecular complexity index is 480. The fourth-order valence-corrected chi connectivity index (χ4v) is 0.954. The van der Waals surface area contributed by atoms with E-state index in [1.807, 2.05) is 0 Å². The first kappa shape index (κ1) is 7.66. The molecule has 0 aromatic carbocycles. The van der Waals surface area contributed by atoms with Gasteiger partial charge in [0, 0.05) is 18.5 Å². The molecule has 2 aromatic heterocycles. The lowest BCUT2D eigenvalue weighted by Crippen LogP contribution is -1.95. The van der Waals surface area contributed by atoms with Crippen LogP contribution in [-0.2, 0) is 0 Å². The highest BCUT2D eigenvalue weighted by molar-refractivity contribution is 5.85. The maximum absolute atomic E-state index is 12.5. The average molecular weight is 181 g/mol. The van der Waals surface area contributed by atoms with Gasteiger partial charge in [-0.15, -0.1) is 0 Å². The molecule has 2 aromatic rings. The second-order valence-electron chi connectivity index (χ2n) is 2.39. The molecule has 2 rings (SSSR count). The van der Waals surface area contributed by atoms with Gasteiger partial charge in [-0.1, -0.05) is 0 Å². The number of rotatable bonds is 1. The summed E-state index contributed by atoms with van der Waals surface area (Å²) in [4.78, 5) is 17.4. The summed E-state index contributed by atoms with van der Waals surface area (Å²) in [6.07, 6.45) is 2.63. The fraction of sp³-hybridized carbons (Fsp3) is 0. The Morgan fingerprint density at radius 2 is 2.31 bits per heavy atom. The van der Waals surface area contributed by atoms with Gasteiger partial charge in [-0.3, -0.25) is 4.40 Å².